The van der Waals surface area contributed by atoms with Crippen LogP contribution < -0.4 is 30.7 Å². The predicted octanol–water partition coefficient (Wildman–Crippen LogP) is 2.29. The van der Waals surface area contributed by atoms with Crippen molar-refractivity contribution in [1.29, 1.82) is 0 Å². The van der Waals surface area contributed by atoms with Gasteiger partial charge in [-0.2, -0.15) is 0 Å². The molecule has 2 nitrogen and oxygen atoms in total. The molecule has 2 aromatic heterocycles. The number of rotatable bonds is 4. The molecule has 0 unspecified atom stereocenters. The van der Waals surface area contributed by atoms with Gasteiger partial charge in [-0.3, -0.25) is 0 Å². The molecule has 2 rings (SSSR count). The van der Waals surface area contributed by atoms with Crippen LogP contribution in [0.4, 0.5) is 0 Å². The first-order valence-electron chi connectivity index (χ1n) is 6.83. The van der Waals surface area contributed by atoms with E-state index in [-0.39, 0.29) is 32.4 Å². The summed E-state index contributed by atoms with van der Waals surface area (Å²) in [4.78, 5) is 0. The van der Waals surface area contributed by atoms with Gasteiger partial charge in [0.2, 0.25) is 0 Å². The van der Waals surface area contributed by atoms with Crippen LogP contribution >= 0.6 is 22.7 Å². The minimum atomic E-state index is -0.138. The second kappa shape index (κ2) is 6.46. The average Bonchev–Trinajstić information content (AvgIpc) is 2.85. The normalized spacial score (nSPS) is 12.5. The second-order valence-electron chi connectivity index (χ2n) is 6.64. The monoisotopic (exact) mass is 437 g/mol. The first-order chi connectivity index (χ1) is 9.61. The van der Waals surface area contributed by atoms with Gasteiger partial charge in [0.1, 0.15) is 11.2 Å². The second-order valence-corrected chi connectivity index (χ2v) is 13.1. The molecule has 2 heterocycles. The van der Waals surface area contributed by atoms with Crippen LogP contribution in [0.1, 0.15) is 41.5 Å². The first-order valence-corrected chi connectivity index (χ1v) is 10.6. The van der Waals surface area contributed by atoms with Crippen LogP contribution in [0.5, 0.6) is 10.1 Å². The lowest BCUT2D eigenvalue weighted by molar-refractivity contribution is -0.585. The van der Waals surface area contributed by atoms with Crippen LogP contribution in [-0.4, -0.2) is 11.2 Å². The molecule has 0 radical (unpaired) electrons. The molecule has 116 valence electrons. The van der Waals surface area contributed by atoms with Crippen molar-refractivity contribution < 1.29 is 30.7 Å². The van der Waals surface area contributed by atoms with Gasteiger partial charge in [-0.05, 0) is 53.7 Å². The van der Waals surface area contributed by atoms with E-state index in [1.165, 1.54) is 5.77 Å². The van der Waals surface area contributed by atoms with Gasteiger partial charge in [0.15, 0.2) is 10.1 Å². The molecule has 0 spiro atoms. The summed E-state index contributed by atoms with van der Waals surface area (Å²) in [6.45, 7) is 12.5. The van der Waals surface area contributed by atoms with E-state index >= 15 is 0 Å². The Morgan fingerprint density at radius 1 is 0.714 bits per heavy atom. The number of hydrogen-bond acceptors (Lipinski definition) is 4. The Balaban J connectivity index is 1.99. The van der Waals surface area contributed by atoms with Crippen LogP contribution in [0, 0.1) is 5.77 Å². The Hall–Kier alpha value is -0.270. The van der Waals surface area contributed by atoms with Gasteiger partial charge < -0.3 is 9.47 Å². The summed E-state index contributed by atoms with van der Waals surface area (Å²) >= 11 is 3.40. The lowest BCUT2D eigenvalue weighted by atomic mass is 10.2. The van der Waals surface area contributed by atoms with Crippen molar-refractivity contribution in [3.63, 3.8) is 0 Å². The van der Waals surface area contributed by atoms with Gasteiger partial charge in [0, 0.05) is 12.1 Å². The molecule has 0 N–H and O–H groups in total. The molecule has 0 aliphatic carbocycles. The fraction of sp³-hybridized carbons (Fsp3) is 0.500. The molecule has 0 amide bonds. The summed E-state index contributed by atoms with van der Waals surface area (Å²) in [5.41, 5.74) is -0.256. The number of ether oxygens (including phenoxy) is 2. The summed E-state index contributed by atoms with van der Waals surface area (Å²) in [6, 6.07) is 8.57. The maximum Gasteiger partial charge on any atom is 0.381 e. The molecule has 0 fully saturated rings. The van der Waals surface area contributed by atoms with E-state index in [2.05, 4.69) is 65.8 Å². The van der Waals surface area contributed by atoms with Crippen molar-refractivity contribution in [2.75, 3.05) is 0 Å². The van der Waals surface area contributed by atoms with Gasteiger partial charge in [0.05, 0.1) is 0 Å². The Labute approximate surface area is 145 Å². The van der Waals surface area contributed by atoms with Crippen molar-refractivity contribution in [2.45, 2.75) is 52.7 Å². The van der Waals surface area contributed by atoms with E-state index in [1.807, 2.05) is 0 Å². The Morgan fingerprint density at radius 3 is 1.43 bits per heavy atom. The zero-order valence-electron chi connectivity index (χ0n) is 13.3. The fourth-order valence-electron chi connectivity index (χ4n) is 1.50. The zero-order valence-corrected chi connectivity index (χ0v) is 17.1. The van der Waals surface area contributed by atoms with Gasteiger partial charge in [-0.15, -0.1) is 0 Å². The predicted molar refractivity (Wildman–Crippen MR) is 86.8 cm³/mol. The first kappa shape index (κ1) is 17.1. The van der Waals surface area contributed by atoms with Crippen molar-refractivity contribution in [1.82, 2.24) is 0 Å². The van der Waals surface area contributed by atoms with Crippen molar-refractivity contribution in [3.05, 3.63) is 30.0 Å². The molecule has 21 heavy (non-hydrogen) atoms. The number of hydrogen-bond donors (Lipinski definition) is 0. The maximum absolute atomic E-state index is 5.91. The molecular weight excluding hydrogens is 415 g/mol. The van der Waals surface area contributed by atoms with E-state index in [0.717, 1.165) is 10.1 Å². The molecule has 0 atom stereocenters. The molecule has 0 saturated heterocycles. The molecule has 2 aromatic rings. The Morgan fingerprint density at radius 2 is 1.10 bits per heavy atom. The zero-order chi connectivity index (χ0) is 15.7. The summed E-state index contributed by atoms with van der Waals surface area (Å²) in [5, 5.41) is 2.03. The summed E-state index contributed by atoms with van der Waals surface area (Å²) in [6.07, 6.45) is 0. The van der Waals surface area contributed by atoms with Gasteiger partial charge in [-0.25, -0.2) is 0 Å². The molecular formula is C16H22IO2S2+. The third kappa shape index (κ3) is 6.16. The topological polar surface area (TPSA) is 18.5 Å². The molecule has 0 bridgehead atoms. The highest BCUT2D eigenvalue weighted by Crippen LogP contribution is 2.25. The molecule has 0 aliphatic heterocycles. The Kier molecular flexibility index (Phi) is 5.26. The van der Waals surface area contributed by atoms with Crippen LogP contribution in [0.3, 0.4) is 0 Å². The van der Waals surface area contributed by atoms with E-state index < -0.39 is 0 Å². The number of halogens is 1. The summed E-state index contributed by atoms with van der Waals surface area (Å²) in [7, 11) is 0. The highest BCUT2D eigenvalue weighted by atomic mass is 127. The smallest absolute Gasteiger partial charge is 0.381 e. The van der Waals surface area contributed by atoms with E-state index in [0.29, 0.717) is 0 Å². The standard InChI is InChI=1S/C16H22IO2S2/c1-15(2,3)18-13-9-7-11(20-13)17-12-8-10-14(21-12)19-16(4,5)6/h7-10H,1-6H3/q+1. The maximum atomic E-state index is 5.91. The highest BCUT2D eigenvalue weighted by Gasteiger charge is 2.24. The van der Waals surface area contributed by atoms with E-state index in [9.17, 15) is 0 Å². The minimum absolute atomic E-state index is 0.128. The molecule has 0 aliphatic rings. The van der Waals surface area contributed by atoms with Gasteiger partial charge in [0.25, 0.3) is 5.77 Å². The third-order valence-corrected chi connectivity index (χ3v) is 7.74. The quantitative estimate of drug-likeness (QED) is 0.684. The van der Waals surface area contributed by atoms with Crippen LogP contribution in [0.25, 0.3) is 0 Å². The SMILES string of the molecule is CC(C)(C)Oc1ccc([I+]c2ccc(OC(C)(C)C)s2)s1. The minimum Gasteiger partial charge on any atom is -0.478 e. The van der Waals surface area contributed by atoms with Crippen LogP contribution in [-0.2, 0) is 0 Å². The number of thiophene rings is 2. The Bertz CT molecular complexity index is 536. The highest BCUT2D eigenvalue weighted by molar-refractivity contribution is 7.12. The van der Waals surface area contributed by atoms with Gasteiger partial charge in [-0.1, -0.05) is 22.7 Å². The molecule has 0 saturated carbocycles. The largest absolute Gasteiger partial charge is 0.478 e. The van der Waals surface area contributed by atoms with Crippen molar-refractivity contribution >= 4 is 22.7 Å². The average molecular weight is 437 g/mol. The van der Waals surface area contributed by atoms with E-state index in [1.54, 1.807) is 22.7 Å². The van der Waals surface area contributed by atoms with Crippen LogP contribution in [0.2, 0.25) is 0 Å². The van der Waals surface area contributed by atoms with Gasteiger partial charge >= 0.3 is 21.2 Å². The van der Waals surface area contributed by atoms with Crippen LogP contribution in [0.15, 0.2) is 24.3 Å². The summed E-state index contributed by atoms with van der Waals surface area (Å²) < 4.78 is 14.7. The lowest BCUT2D eigenvalue weighted by Gasteiger charge is -2.19. The fourth-order valence-corrected chi connectivity index (χ4v) is 7.74. The lowest BCUT2D eigenvalue weighted by Crippen LogP contribution is -3.61. The van der Waals surface area contributed by atoms with Crippen molar-refractivity contribution in [2.24, 2.45) is 0 Å². The molecule has 0 aromatic carbocycles. The molecule has 5 heteroatoms. The van der Waals surface area contributed by atoms with Crippen molar-refractivity contribution in [3.8, 4) is 10.1 Å². The summed E-state index contributed by atoms with van der Waals surface area (Å²) in [5.74, 6) is 0. The van der Waals surface area contributed by atoms with E-state index in [4.69, 9.17) is 9.47 Å². The third-order valence-electron chi connectivity index (χ3n) is 2.10.